The van der Waals surface area contributed by atoms with E-state index in [9.17, 15) is 21.6 Å². The van der Waals surface area contributed by atoms with Crippen molar-refractivity contribution in [3.63, 3.8) is 0 Å². The molecule has 15 heteroatoms. The number of halogens is 4. The van der Waals surface area contributed by atoms with E-state index >= 15 is 0 Å². The lowest BCUT2D eigenvalue weighted by atomic mass is 10.1. The summed E-state index contributed by atoms with van der Waals surface area (Å²) >= 11 is 6.25. The lowest BCUT2D eigenvalue weighted by Crippen LogP contribution is -2.29. The fourth-order valence-corrected chi connectivity index (χ4v) is 3.36. The molecule has 0 saturated carbocycles. The van der Waals surface area contributed by atoms with Crippen LogP contribution in [0.2, 0.25) is 0 Å². The zero-order chi connectivity index (χ0) is 24.3. The van der Waals surface area contributed by atoms with Gasteiger partial charge in [-0.25, -0.2) is 0 Å². The molecule has 1 N–H and O–H groups in total. The highest BCUT2D eigenvalue weighted by Gasteiger charge is 2.46. The van der Waals surface area contributed by atoms with Gasteiger partial charge in [-0.15, -0.1) is 10.2 Å². The maximum absolute atomic E-state index is 12.9. The Kier molecular flexibility index (Phi) is 7.40. The van der Waals surface area contributed by atoms with Gasteiger partial charge in [0.15, 0.2) is 5.71 Å². The van der Waals surface area contributed by atoms with Crippen molar-refractivity contribution in [3.8, 4) is 6.07 Å². The van der Waals surface area contributed by atoms with Crippen LogP contribution < -0.4 is 0 Å². The molecule has 2 rings (SSSR count). The number of alkyl halides is 3. The Morgan fingerprint density at radius 1 is 1.25 bits per heavy atom. The number of nitrogens with zero attached hydrogens (tertiary/aromatic N) is 7. The second kappa shape index (κ2) is 9.47. The van der Waals surface area contributed by atoms with Gasteiger partial charge in [0.25, 0.3) is 5.96 Å². The van der Waals surface area contributed by atoms with E-state index in [1.165, 1.54) is 11.9 Å². The topological polar surface area (TPSA) is 138 Å². The maximum Gasteiger partial charge on any atom is 0.518 e. The molecule has 0 aromatic carbocycles. The number of hydrogen-bond donors (Lipinski definition) is 1. The van der Waals surface area contributed by atoms with Crippen molar-refractivity contribution in [3.05, 3.63) is 28.6 Å². The van der Waals surface area contributed by atoms with Crippen molar-refractivity contribution in [1.29, 1.82) is 10.7 Å². The molecular formula is C17H16ClF3N8O2S. The van der Waals surface area contributed by atoms with Gasteiger partial charge < -0.3 is 9.80 Å². The minimum atomic E-state index is -5.88. The summed E-state index contributed by atoms with van der Waals surface area (Å²) in [4.78, 5) is 6.73. The van der Waals surface area contributed by atoms with Gasteiger partial charge >= 0.3 is 15.5 Å². The first-order valence-corrected chi connectivity index (χ1v) is 10.7. The van der Waals surface area contributed by atoms with Gasteiger partial charge in [-0.3, -0.25) is 5.41 Å². The summed E-state index contributed by atoms with van der Waals surface area (Å²) in [6.45, 7) is 4.44. The maximum atomic E-state index is 12.9. The Morgan fingerprint density at radius 3 is 2.34 bits per heavy atom. The molecule has 1 aliphatic carbocycles. The third-order valence-electron chi connectivity index (χ3n) is 4.20. The van der Waals surface area contributed by atoms with Crippen LogP contribution >= 0.6 is 11.6 Å². The molecule has 0 unspecified atom stereocenters. The van der Waals surface area contributed by atoms with E-state index in [0.29, 0.717) is 13.1 Å². The van der Waals surface area contributed by atoms with E-state index < -0.39 is 21.2 Å². The molecule has 0 atom stereocenters. The number of likely N-dealkylation sites (N-methyl/N-ethyl adjacent to an activating group) is 1. The molecule has 10 nitrogen and oxygen atoms in total. The van der Waals surface area contributed by atoms with Gasteiger partial charge in [0.2, 0.25) is 0 Å². The van der Waals surface area contributed by atoms with Crippen molar-refractivity contribution in [2.45, 2.75) is 19.4 Å². The second-order valence-electron chi connectivity index (χ2n) is 6.08. The molecule has 0 amide bonds. The van der Waals surface area contributed by atoms with Crippen LogP contribution in [-0.4, -0.2) is 72.8 Å². The summed E-state index contributed by atoms with van der Waals surface area (Å²) in [6.07, 6.45) is 2.20. The fourth-order valence-electron chi connectivity index (χ4n) is 2.58. The first-order chi connectivity index (χ1) is 14.9. The molecule has 0 aromatic heterocycles. The van der Waals surface area contributed by atoms with Crippen LogP contribution in [0.5, 0.6) is 0 Å². The summed E-state index contributed by atoms with van der Waals surface area (Å²) in [5.74, 6) is 1.84. The molecule has 0 bridgehead atoms. The Hall–Kier alpha value is -3.27. The Bertz CT molecular complexity index is 1200. The molecule has 1 aliphatic heterocycles. The number of sulfonamides is 1. The highest BCUT2D eigenvalue weighted by molar-refractivity contribution is 7.91. The van der Waals surface area contributed by atoms with Gasteiger partial charge in [0.1, 0.15) is 23.2 Å². The van der Waals surface area contributed by atoms with Gasteiger partial charge in [-0.2, -0.15) is 36.2 Å². The summed E-state index contributed by atoms with van der Waals surface area (Å²) < 4.78 is 64.9. The van der Waals surface area contributed by atoms with Crippen LogP contribution in [-0.2, 0) is 10.0 Å². The van der Waals surface area contributed by atoms with E-state index in [2.05, 4.69) is 19.6 Å². The number of allylic oxidation sites excluding steroid dienone is 4. The van der Waals surface area contributed by atoms with Crippen LogP contribution in [0.25, 0.3) is 0 Å². The normalized spacial score (nSPS) is 20.8. The van der Waals surface area contributed by atoms with E-state index in [0.717, 1.165) is 12.2 Å². The Balaban J connectivity index is 2.66. The van der Waals surface area contributed by atoms with E-state index in [1.807, 2.05) is 5.87 Å². The third-order valence-corrected chi connectivity index (χ3v) is 5.53. The lowest BCUT2D eigenvalue weighted by Gasteiger charge is -2.26. The summed E-state index contributed by atoms with van der Waals surface area (Å²) in [5.41, 5.74) is -6.54. The number of guanidine groups is 1. The average molecular weight is 489 g/mol. The van der Waals surface area contributed by atoms with Crippen LogP contribution in [0, 0.1) is 16.7 Å². The van der Waals surface area contributed by atoms with Crippen LogP contribution in [0.15, 0.2) is 48.2 Å². The first kappa shape index (κ1) is 25.0. The van der Waals surface area contributed by atoms with Gasteiger partial charge in [-0.05, 0) is 26.0 Å². The second-order valence-corrected chi connectivity index (χ2v) is 8.08. The molecule has 32 heavy (non-hydrogen) atoms. The van der Waals surface area contributed by atoms with Crippen LogP contribution in [0.1, 0.15) is 13.8 Å². The average Bonchev–Trinajstić information content (AvgIpc) is 3.03. The zero-order valence-electron chi connectivity index (χ0n) is 16.9. The summed E-state index contributed by atoms with van der Waals surface area (Å²) in [6, 6.07) is 1.74. The Morgan fingerprint density at radius 2 is 1.88 bits per heavy atom. The largest absolute Gasteiger partial charge is 0.518 e. The predicted molar refractivity (Wildman–Crippen MR) is 114 cm³/mol. The van der Waals surface area contributed by atoms with E-state index in [4.69, 9.17) is 22.3 Å². The standard InChI is InChI=1S/C17H16ClF3N8O2S/c1-4-29(5-2)14-7-12(27-32(30,31)17(19,20)21)11(6-10(14)18)25-26-16-24-13(8-22)15(9-23)28(16)3/h6-7,23H,4-5H2,1-3H3/b25-11?,26-16?,27-12+. The van der Waals surface area contributed by atoms with Crippen molar-refractivity contribution in [2.75, 3.05) is 20.1 Å². The molecule has 0 saturated heterocycles. The minimum absolute atomic E-state index is 0.000855. The lowest BCUT2D eigenvalue weighted by molar-refractivity contribution is -0.0435. The molecule has 0 fully saturated rings. The highest BCUT2D eigenvalue weighted by atomic mass is 35.5. The number of hydrogen-bond acceptors (Lipinski definition) is 7. The van der Waals surface area contributed by atoms with E-state index in [1.54, 1.807) is 24.8 Å². The summed E-state index contributed by atoms with van der Waals surface area (Å²) in [5, 5.41) is 23.9. The number of aliphatic imine (C=N–C) groups is 1. The van der Waals surface area contributed by atoms with E-state index in [-0.39, 0.29) is 33.8 Å². The monoisotopic (exact) mass is 488 g/mol. The van der Waals surface area contributed by atoms with Crippen molar-refractivity contribution in [1.82, 2.24) is 9.80 Å². The molecule has 0 spiro atoms. The first-order valence-electron chi connectivity index (χ1n) is 8.84. The molecule has 0 radical (unpaired) electrons. The van der Waals surface area contributed by atoms with Gasteiger partial charge in [0.05, 0.1) is 10.7 Å². The predicted octanol–water partition coefficient (Wildman–Crippen LogP) is 2.39. The quantitative estimate of drug-likeness (QED) is 0.360. The van der Waals surface area contributed by atoms with Crippen molar-refractivity contribution >= 4 is 50.6 Å². The molecular weight excluding hydrogens is 473 g/mol. The smallest absolute Gasteiger partial charge is 0.371 e. The number of rotatable bonds is 5. The molecule has 2 aliphatic rings. The van der Waals surface area contributed by atoms with Gasteiger partial charge in [0, 0.05) is 26.0 Å². The highest BCUT2D eigenvalue weighted by Crippen LogP contribution is 2.28. The molecule has 0 aromatic rings. The van der Waals surface area contributed by atoms with Gasteiger partial charge in [-0.1, -0.05) is 11.6 Å². The van der Waals surface area contributed by atoms with Crippen LogP contribution in [0.3, 0.4) is 0 Å². The van der Waals surface area contributed by atoms with Crippen molar-refractivity contribution < 1.29 is 21.6 Å². The molecule has 1 heterocycles. The number of nitrogens with one attached hydrogen (secondary N) is 1. The fraction of sp³-hybridized carbons (Fsp3) is 0.353. The van der Waals surface area contributed by atoms with Crippen molar-refractivity contribution in [2.24, 2.45) is 19.6 Å². The summed E-state index contributed by atoms with van der Waals surface area (Å²) in [7, 11) is -4.47. The minimum Gasteiger partial charge on any atom is -0.371 e. The zero-order valence-corrected chi connectivity index (χ0v) is 18.5. The SMILES string of the molecule is CCN(CC)C1=C/C(=N\S(=O)(=O)C(F)(F)F)C(=NN=C2N=C(C#N)C(=C=N)N2C)C=C1Cl. The van der Waals surface area contributed by atoms with Crippen LogP contribution in [0.4, 0.5) is 13.2 Å². The number of nitriles is 1. The third kappa shape index (κ3) is 4.96. The molecule has 170 valence electrons. The Labute approximate surface area is 186 Å².